The van der Waals surface area contributed by atoms with Crippen molar-refractivity contribution in [2.75, 3.05) is 44.3 Å². The molecule has 2 aliphatic rings. The number of ether oxygens (including phenoxy) is 2. The van der Waals surface area contributed by atoms with Gasteiger partial charge in [0.15, 0.2) is 0 Å². The number of nitriles is 1. The van der Waals surface area contributed by atoms with Gasteiger partial charge in [-0.05, 0) is 32.1 Å². The number of aromatic nitrogens is 2. The molecule has 2 aromatic rings. The van der Waals surface area contributed by atoms with E-state index in [9.17, 15) is 14.9 Å². The van der Waals surface area contributed by atoms with Gasteiger partial charge in [0.2, 0.25) is 0 Å². The Labute approximate surface area is 180 Å². The highest BCUT2D eigenvalue weighted by Crippen LogP contribution is 2.23. The minimum atomic E-state index is -0.405. The van der Waals surface area contributed by atoms with E-state index in [4.69, 9.17) is 14.5 Å². The first-order valence-electron chi connectivity index (χ1n) is 10.4. The number of pyridine rings is 1. The number of amides is 1. The van der Waals surface area contributed by atoms with E-state index in [1.165, 1.54) is 10.5 Å². The predicted octanol–water partition coefficient (Wildman–Crippen LogP) is 1.07. The van der Waals surface area contributed by atoms with Gasteiger partial charge in [-0.1, -0.05) is 6.07 Å². The second-order valence-corrected chi connectivity index (χ2v) is 7.82. The number of fused-ring (bicyclic) bond motifs is 1. The van der Waals surface area contributed by atoms with Crippen LogP contribution in [0.1, 0.15) is 19.4 Å². The number of hydrogen-bond acceptors (Lipinski definition) is 7. The molecule has 0 aromatic carbocycles. The molecule has 2 aliphatic heterocycles. The van der Waals surface area contributed by atoms with Crippen molar-refractivity contribution in [1.29, 1.82) is 5.26 Å². The van der Waals surface area contributed by atoms with E-state index in [0.717, 1.165) is 0 Å². The van der Waals surface area contributed by atoms with Gasteiger partial charge in [0.1, 0.15) is 23.1 Å². The Bertz CT molecular complexity index is 1100. The van der Waals surface area contributed by atoms with Crippen LogP contribution in [0.5, 0.6) is 0 Å². The van der Waals surface area contributed by atoms with Gasteiger partial charge in [0, 0.05) is 32.4 Å². The third-order valence-corrected chi connectivity index (χ3v) is 5.41. The molecule has 0 saturated carbocycles. The molecule has 1 amide bonds. The molecular formula is C22H25N5O4. The quantitative estimate of drug-likeness (QED) is 0.538. The van der Waals surface area contributed by atoms with Crippen LogP contribution >= 0.6 is 0 Å². The van der Waals surface area contributed by atoms with E-state index < -0.39 is 5.91 Å². The first kappa shape index (κ1) is 21.0. The van der Waals surface area contributed by atoms with E-state index in [1.807, 2.05) is 30.9 Å². The lowest BCUT2D eigenvalue weighted by Gasteiger charge is -2.36. The van der Waals surface area contributed by atoms with Crippen molar-refractivity contribution in [2.24, 2.45) is 0 Å². The predicted molar refractivity (Wildman–Crippen MR) is 115 cm³/mol. The van der Waals surface area contributed by atoms with Crippen molar-refractivity contribution in [2.45, 2.75) is 26.1 Å². The first-order valence-corrected chi connectivity index (χ1v) is 10.4. The van der Waals surface area contributed by atoms with E-state index >= 15 is 0 Å². The molecule has 0 bridgehead atoms. The Kier molecular flexibility index (Phi) is 6.02. The van der Waals surface area contributed by atoms with Gasteiger partial charge in [-0.3, -0.25) is 14.0 Å². The van der Waals surface area contributed by atoms with Crippen molar-refractivity contribution in [3.05, 3.63) is 45.9 Å². The highest BCUT2D eigenvalue weighted by molar-refractivity contribution is 6.02. The van der Waals surface area contributed by atoms with Gasteiger partial charge in [-0.25, -0.2) is 4.98 Å². The van der Waals surface area contributed by atoms with Crippen LogP contribution in [0.4, 0.5) is 5.82 Å². The van der Waals surface area contributed by atoms with Crippen molar-refractivity contribution >= 4 is 23.4 Å². The van der Waals surface area contributed by atoms with Crippen LogP contribution in [0, 0.1) is 11.3 Å². The average Bonchev–Trinajstić information content (AvgIpc) is 2.78. The first-order chi connectivity index (χ1) is 15.0. The largest absolute Gasteiger partial charge is 0.378 e. The third kappa shape index (κ3) is 4.31. The molecule has 2 aromatic heterocycles. The Morgan fingerprint density at radius 2 is 1.94 bits per heavy atom. The Balaban J connectivity index is 1.84. The summed E-state index contributed by atoms with van der Waals surface area (Å²) in [5.41, 5.74) is 0.315. The minimum Gasteiger partial charge on any atom is -0.378 e. The second kappa shape index (κ2) is 8.88. The number of hydrogen-bond donors (Lipinski definition) is 0. The van der Waals surface area contributed by atoms with Gasteiger partial charge in [-0.2, -0.15) is 5.26 Å². The number of carbonyl (C=O) groups is 1. The molecule has 0 spiro atoms. The normalized spacial score (nSPS) is 22.4. The molecule has 0 unspecified atom stereocenters. The summed E-state index contributed by atoms with van der Waals surface area (Å²) < 4.78 is 12.5. The van der Waals surface area contributed by atoms with Crippen LogP contribution in [0.3, 0.4) is 0 Å². The van der Waals surface area contributed by atoms with Crippen LogP contribution in [-0.4, -0.2) is 71.8 Å². The monoisotopic (exact) mass is 423 g/mol. The molecule has 2 fully saturated rings. The molecule has 0 radical (unpaired) electrons. The minimum absolute atomic E-state index is 0.0398. The molecule has 0 aliphatic carbocycles. The number of carbonyl (C=O) groups excluding carboxylic acids is 1. The van der Waals surface area contributed by atoms with Crippen molar-refractivity contribution in [3.8, 4) is 6.07 Å². The van der Waals surface area contributed by atoms with E-state index in [2.05, 4.69) is 0 Å². The molecule has 4 rings (SSSR count). The molecular weight excluding hydrogens is 398 g/mol. The van der Waals surface area contributed by atoms with E-state index in [1.54, 1.807) is 23.2 Å². The lowest BCUT2D eigenvalue weighted by Crippen LogP contribution is -2.46. The molecule has 162 valence electrons. The summed E-state index contributed by atoms with van der Waals surface area (Å²) >= 11 is 0. The fourth-order valence-electron chi connectivity index (χ4n) is 4.03. The summed E-state index contributed by atoms with van der Waals surface area (Å²) in [6, 6.07) is 7.30. The van der Waals surface area contributed by atoms with Crippen molar-refractivity contribution in [3.63, 3.8) is 0 Å². The molecule has 2 atom stereocenters. The summed E-state index contributed by atoms with van der Waals surface area (Å²) in [5, 5.41) is 9.72. The molecule has 31 heavy (non-hydrogen) atoms. The molecule has 4 heterocycles. The fourth-order valence-corrected chi connectivity index (χ4v) is 4.03. The topological polar surface area (TPSA) is 100 Å². The average molecular weight is 423 g/mol. The zero-order valence-corrected chi connectivity index (χ0v) is 17.7. The summed E-state index contributed by atoms with van der Waals surface area (Å²) in [6.45, 7) is 6.73. The zero-order valence-electron chi connectivity index (χ0n) is 17.7. The fraction of sp³-hybridized carbons (Fsp3) is 0.455. The van der Waals surface area contributed by atoms with Gasteiger partial charge >= 0.3 is 0 Å². The van der Waals surface area contributed by atoms with Gasteiger partial charge in [-0.15, -0.1) is 0 Å². The maximum Gasteiger partial charge on any atom is 0.267 e. The van der Waals surface area contributed by atoms with Crippen molar-refractivity contribution in [1.82, 2.24) is 14.3 Å². The SMILES string of the molecule is C[C@H]1CN(c2nc3ccccn3c(=O)c2/C=C(\C#N)C(=O)N2CCOCC2)C[C@H](C)O1. The Hall–Kier alpha value is -3.22. The Morgan fingerprint density at radius 1 is 1.23 bits per heavy atom. The van der Waals surface area contributed by atoms with Crippen molar-refractivity contribution < 1.29 is 14.3 Å². The van der Waals surface area contributed by atoms with Crippen LogP contribution in [-0.2, 0) is 14.3 Å². The van der Waals surface area contributed by atoms with Crippen LogP contribution in [0.2, 0.25) is 0 Å². The van der Waals surface area contributed by atoms with Crippen LogP contribution in [0.25, 0.3) is 11.7 Å². The maximum atomic E-state index is 13.4. The lowest BCUT2D eigenvalue weighted by molar-refractivity contribution is -0.130. The summed E-state index contributed by atoms with van der Waals surface area (Å²) in [5.74, 6) is 0.0544. The zero-order chi connectivity index (χ0) is 22.0. The molecule has 9 nitrogen and oxygen atoms in total. The van der Waals surface area contributed by atoms with E-state index in [-0.39, 0.29) is 28.9 Å². The summed E-state index contributed by atoms with van der Waals surface area (Å²) in [7, 11) is 0. The number of rotatable bonds is 3. The van der Waals surface area contributed by atoms with Crippen LogP contribution in [0.15, 0.2) is 34.8 Å². The summed E-state index contributed by atoms with van der Waals surface area (Å²) in [4.78, 5) is 34.6. The molecule has 0 N–H and O–H groups in total. The highest BCUT2D eigenvalue weighted by Gasteiger charge is 2.28. The molecule has 2 saturated heterocycles. The second-order valence-electron chi connectivity index (χ2n) is 7.82. The summed E-state index contributed by atoms with van der Waals surface area (Å²) in [6.07, 6.45) is 2.93. The Morgan fingerprint density at radius 3 is 2.61 bits per heavy atom. The third-order valence-electron chi connectivity index (χ3n) is 5.41. The number of anilines is 1. The van der Waals surface area contributed by atoms with Gasteiger partial charge in [0.25, 0.3) is 11.5 Å². The number of morpholine rings is 2. The lowest BCUT2D eigenvalue weighted by atomic mass is 10.1. The number of nitrogens with zero attached hydrogens (tertiary/aromatic N) is 5. The molecule has 9 heteroatoms. The highest BCUT2D eigenvalue weighted by atomic mass is 16.5. The smallest absolute Gasteiger partial charge is 0.267 e. The van der Waals surface area contributed by atoms with E-state index in [0.29, 0.717) is 50.9 Å². The van der Waals surface area contributed by atoms with Crippen LogP contribution < -0.4 is 10.5 Å². The van der Waals surface area contributed by atoms with Gasteiger partial charge in [0.05, 0.1) is 31.0 Å². The maximum absolute atomic E-state index is 13.4. The van der Waals surface area contributed by atoms with Gasteiger partial charge < -0.3 is 19.3 Å². The standard InChI is InChI=1S/C22H25N5O4/c1-15-13-26(14-16(2)31-15)20-18(22(29)27-6-4-3-5-19(27)24-20)11-17(12-23)21(28)25-7-9-30-10-8-25/h3-6,11,15-16H,7-10,13-14H2,1-2H3/b17-11+/t15-,16-/m0/s1.